The standard InChI is InChI=1S/C30H44N4O2.C28H41N3O.C8H14O4/c1-29(2)13-14-30(3,4)25-21-23(11-12-24(25)29)26-9-8-10-27(32-26)34-18-16-33(17-19-34)15-6-5-7-20-36-28(35)22-31;1-27(2)13-14-28(3,4)24-21-22(11-12-23(24)27)25-9-8-10-26(29-25)31-18-16-30(17-19-31)15-6-5-7-20-32;1-8(2,3)12-7(11)5-4-6(9)10/h8-12,21H,5-7,13-20,22,31H2,1-4H3;8-12,21,32H,5-7,13-20H2,1-4H3;4-5H2,1-3H3,(H,9,10). The number of rotatable bonds is 19. The Bertz CT molecular complexity index is 2640. The van der Waals surface area contributed by atoms with Crippen LogP contribution in [-0.2, 0) is 45.5 Å². The number of carbonyl (C=O) groups excluding carboxylic acids is 2. The van der Waals surface area contributed by atoms with Gasteiger partial charge in [-0.3, -0.25) is 24.2 Å². The fourth-order valence-corrected chi connectivity index (χ4v) is 11.5. The molecule has 14 nitrogen and oxygen atoms in total. The highest BCUT2D eigenvalue weighted by Crippen LogP contribution is 2.48. The molecule has 0 radical (unpaired) electrons. The van der Waals surface area contributed by atoms with Crippen LogP contribution in [0.2, 0.25) is 0 Å². The van der Waals surface area contributed by atoms with Crippen molar-refractivity contribution in [1.29, 1.82) is 0 Å². The zero-order valence-electron chi connectivity index (χ0n) is 50.8. The number of ether oxygens (including phenoxy) is 2. The number of pyridine rings is 2. The Morgan fingerprint density at radius 2 is 0.975 bits per heavy atom. The van der Waals surface area contributed by atoms with Crippen LogP contribution < -0.4 is 15.5 Å². The van der Waals surface area contributed by atoms with E-state index < -0.39 is 17.5 Å². The van der Waals surface area contributed by atoms with E-state index in [-0.39, 0.29) is 47.0 Å². The van der Waals surface area contributed by atoms with Gasteiger partial charge in [0.2, 0.25) is 0 Å². The molecule has 0 amide bonds. The molecule has 4 aliphatic rings. The van der Waals surface area contributed by atoms with Crippen LogP contribution in [-0.4, -0.2) is 139 Å². The summed E-state index contributed by atoms with van der Waals surface area (Å²) in [6.07, 6.45) is 11.0. The van der Waals surface area contributed by atoms with Gasteiger partial charge in [0, 0.05) is 70.1 Å². The Kier molecular flexibility index (Phi) is 22.7. The number of nitrogens with zero attached hydrogens (tertiary/aromatic N) is 6. The van der Waals surface area contributed by atoms with Crippen molar-refractivity contribution in [3.05, 3.63) is 95.1 Å². The lowest BCUT2D eigenvalue weighted by molar-refractivity contribution is -0.157. The number of carboxylic acid groups (broad SMARTS) is 1. The van der Waals surface area contributed by atoms with Crippen molar-refractivity contribution >= 4 is 29.5 Å². The summed E-state index contributed by atoms with van der Waals surface area (Å²) < 4.78 is 9.93. The van der Waals surface area contributed by atoms with E-state index in [1.807, 2.05) is 0 Å². The van der Waals surface area contributed by atoms with Crippen LogP contribution in [0.4, 0.5) is 11.6 Å². The fraction of sp³-hybridized carbons (Fsp3) is 0.621. The highest BCUT2D eigenvalue weighted by Gasteiger charge is 2.38. The second-order valence-electron chi connectivity index (χ2n) is 26.2. The topological polar surface area (TPSA) is 175 Å². The van der Waals surface area contributed by atoms with E-state index in [0.717, 1.165) is 121 Å². The Labute approximate surface area is 480 Å². The molecule has 2 aliphatic carbocycles. The molecule has 80 heavy (non-hydrogen) atoms. The Morgan fingerprint density at radius 3 is 1.38 bits per heavy atom. The molecule has 2 aromatic heterocycles. The van der Waals surface area contributed by atoms with Gasteiger partial charge in [0.25, 0.3) is 0 Å². The maximum absolute atomic E-state index is 11.1. The van der Waals surface area contributed by atoms with E-state index in [1.54, 1.807) is 20.8 Å². The zero-order chi connectivity index (χ0) is 58.3. The monoisotopic (exact) mass is 1100 g/mol. The third kappa shape index (κ3) is 18.6. The molecule has 0 unspecified atom stereocenters. The number of piperazine rings is 2. The molecule has 2 aromatic carbocycles. The predicted octanol–water partition coefficient (Wildman–Crippen LogP) is 11.5. The van der Waals surface area contributed by atoms with Crippen LogP contribution in [0.15, 0.2) is 72.8 Å². The fourth-order valence-electron chi connectivity index (χ4n) is 11.5. The van der Waals surface area contributed by atoms with Crippen molar-refractivity contribution in [2.75, 3.05) is 95.0 Å². The molecule has 2 saturated heterocycles. The molecule has 2 fully saturated rings. The number of aliphatic hydroxyl groups excluding tert-OH is 1. The Hall–Kier alpha value is -5.41. The Balaban J connectivity index is 0.000000216. The molecule has 8 rings (SSSR count). The van der Waals surface area contributed by atoms with Crippen LogP contribution in [0.3, 0.4) is 0 Å². The van der Waals surface area contributed by atoms with Crippen molar-refractivity contribution in [2.24, 2.45) is 5.73 Å². The number of aromatic nitrogens is 2. The number of hydrogen-bond donors (Lipinski definition) is 3. The second-order valence-corrected chi connectivity index (χ2v) is 26.2. The quantitative estimate of drug-likeness (QED) is 0.0597. The third-order valence-corrected chi connectivity index (χ3v) is 16.8. The first-order chi connectivity index (χ1) is 37.8. The minimum absolute atomic E-state index is 0.0358. The lowest BCUT2D eigenvalue weighted by Gasteiger charge is -2.42. The summed E-state index contributed by atoms with van der Waals surface area (Å²) in [6.45, 7) is 35.6. The molecular weight excluding hydrogens is 1000 g/mol. The smallest absolute Gasteiger partial charge is 0.319 e. The highest BCUT2D eigenvalue weighted by molar-refractivity contribution is 5.76. The van der Waals surface area contributed by atoms with Gasteiger partial charge in [0.05, 0.1) is 37.4 Å². The third-order valence-electron chi connectivity index (χ3n) is 16.8. The van der Waals surface area contributed by atoms with Gasteiger partial charge in [-0.15, -0.1) is 0 Å². The molecule has 440 valence electrons. The van der Waals surface area contributed by atoms with Crippen LogP contribution in [0, 0.1) is 0 Å². The number of unbranched alkanes of at least 4 members (excludes halogenated alkanes) is 4. The van der Waals surface area contributed by atoms with Gasteiger partial charge in [0.1, 0.15) is 17.2 Å². The summed E-state index contributed by atoms with van der Waals surface area (Å²) in [5.74, 6) is 0.403. The van der Waals surface area contributed by atoms with Crippen molar-refractivity contribution in [1.82, 2.24) is 19.8 Å². The van der Waals surface area contributed by atoms with Gasteiger partial charge in [0.15, 0.2) is 0 Å². The maximum Gasteiger partial charge on any atom is 0.319 e. The predicted molar refractivity (Wildman–Crippen MR) is 325 cm³/mol. The number of benzene rings is 2. The number of fused-ring (bicyclic) bond motifs is 2. The van der Waals surface area contributed by atoms with Crippen LogP contribution in [0.25, 0.3) is 22.5 Å². The number of aliphatic hydroxyl groups is 1. The zero-order valence-corrected chi connectivity index (χ0v) is 50.8. The van der Waals surface area contributed by atoms with Gasteiger partial charge in [-0.05, 0) is 178 Å². The Morgan fingerprint density at radius 1 is 0.550 bits per heavy atom. The number of carbonyl (C=O) groups is 3. The van der Waals surface area contributed by atoms with Gasteiger partial charge in [-0.1, -0.05) is 91.8 Å². The summed E-state index contributed by atoms with van der Waals surface area (Å²) in [5, 5.41) is 17.2. The summed E-state index contributed by atoms with van der Waals surface area (Å²) in [4.78, 5) is 52.1. The number of carboxylic acids is 1. The molecule has 2 aliphatic heterocycles. The largest absolute Gasteiger partial charge is 0.481 e. The molecule has 4 aromatic rings. The van der Waals surface area contributed by atoms with E-state index in [9.17, 15) is 14.4 Å². The number of esters is 2. The minimum atomic E-state index is -0.985. The first kappa shape index (κ1) is 63.8. The first-order valence-corrected chi connectivity index (χ1v) is 29.9. The van der Waals surface area contributed by atoms with Crippen LogP contribution >= 0.6 is 0 Å². The molecule has 0 bridgehead atoms. The maximum atomic E-state index is 11.1. The van der Waals surface area contributed by atoms with E-state index in [2.05, 4.69) is 148 Å². The van der Waals surface area contributed by atoms with Crippen molar-refractivity contribution in [2.45, 2.75) is 180 Å². The minimum Gasteiger partial charge on any atom is -0.481 e. The molecule has 4 heterocycles. The van der Waals surface area contributed by atoms with Gasteiger partial charge >= 0.3 is 17.9 Å². The SMILES string of the molecule is CC(C)(C)OC(=O)CCC(=O)O.CC1(C)CCC(C)(C)c2cc(-c3cccc(N4CCN(CCCCCO)CC4)n3)ccc21.CC1(C)CCC(C)(C)c2cc(-c3cccc(N4CCN(CCCCCOC(=O)CN)CC4)n3)ccc21. The van der Waals surface area contributed by atoms with E-state index in [4.69, 9.17) is 35.4 Å². The van der Waals surface area contributed by atoms with Crippen LogP contribution in [0.5, 0.6) is 0 Å². The van der Waals surface area contributed by atoms with Crippen molar-refractivity contribution < 1.29 is 34.1 Å². The number of aliphatic carboxylic acids is 1. The summed E-state index contributed by atoms with van der Waals surface area (Å²) in [5.41, 5.74) is 16.2. The molecule has 0 spiro atoms. The normalized spacial score (nSPS) is 18.3. The average molecular weight is 1100 g/mol. The van der Waals surface area contributed by atoms with Crippen molar-refractivity contribution in [3.63, 3.8) is 0 Å². The summed E-state index contributed by atoms with van der Waals surface area (Å²) in [6, 6.07) is 27.0. The number of nitrogens with two attached hydrogens (primary N) is 1. The highest BCUT2D eigenvalue weighted by atomic mass is 16.6. The molecule has 0 atom stereocenters. The molecule has 4 N–H and O–H groups in total. The van der Waals surface area contributed by atoms with E-state index in [1.165, 1.54) is 65.5 Å². The first-order valence-electron chi connectivity index (χ1n) is 29.9. The summed E-state index contributed by atoms with van der Waals surface area (Å²) >= 11 is 0. The average Bonchev–Trinajstić information content (AvgIpc) is 3.52. The molecule has 0 saturated carbocycles. The molecular formula is C66H99N7O7. The lowest BCUT2D eigenvalue weighted by Crippen LogP contribution is -2.46. The van der Waals surface area contributed by atoms with Crippen LogP contribution in [0.1, 0.15) is 175 Å². The van der Waals surface area contributed by atoms with Crippen molar-refractivity contribution in [3.8, 4) is 22.5 Å². The van der Waals surface area contributed by atoms with E-state index >= 15 is 0 Å². The lowest BCUT2D eigenvalue weighted by atomic mass is 9.63. The number of hydrogen-bond acceptors (Lipinski definition) is 13. The summed E-state index contributed by atoms with van der Waals surface area (Å²) in [7, 11) is 0. The molecule has 14 heteroatoms. The second kappa shape index (κ2) is 28.5. The van der Waals surface area contributed by atoms with E-state index in [0.29, 0.717) is 13.2 Å². The van der Waals surface area contributed by atoms with Gasteiger partial charge < -0.3 is 35.2 Å². The van der Waals surface area contributed by atoms with Gasteiger partial charge in [-0.2, -0.15) is 0 Å². The number of anilines is 2. The van der Waals surface area contributed by atoms with Gasteiger partial charge in [-0.25, -0.2) is 9.97 Å².